The van der Waals surface area contributed by atoms with Crippen molar-refractivity contribution in [3.05, 3.63) is 0 Å². The molecule has 0 aromatic rings. The van der Waals surface area contributed by atoms with Gasteiger partial charge < -0.3 is 16.3 Å². The van der Waals surface area contributed by atoms with Crippen LogP contribution in [0, 0.1) is 0 Å². The first-order valence-electron chi connectivity index (χ1n) is 1.77. The highest BCUT2D eigenvalue weighted by Crippen LogP contribution is 1.80. The molecule has 0 aromatic heterocycles. The summed E-state index contributed by atoms with van der Waals surface area (Å²) < 4.78 is 0. The molecule has 0 bridgehead atoms. The molecule has 1 atom stereocenters. The fraction of sp³-hybridized carbons (Fsp3) is 0.667. The van der Waals surface area contributed by atoms with Gasteiger partial charge in [0.15, 0.2) is 0 Å². The normalized spacial score (nSPS) is 11.8. The molecule has 5 heteroatoms. The van der Waals surface area contributed by atoms with Crippen molar-refractivity contribution in [1.82, 2.24) is 0 Å². The second kappa shape index (κ2) is 4.89. The van der Waals surface area contributed by atoms with Crippen LogP contribution >= 0.6 is 12.6 Å². The van der Waals surface area contributed by atoms with Crippen molar-refractivity contribution in [2.75, 3.05) is 5.75 Å². The van der Waals surface area contributed by atoms with Crippen LogP contribution in [-0.4, -0.2) is 28.3 Å². The van der Waals surface area contributed by atoms with Crippen molar-refractivity contribution in [2.45, 2.75) is 6.04 Å². The van der Waals surface area contributed by atoms with Crippen molar-refractivity contribution < 1.29 is 15.4 Å². The Labute approximate surface area is 52.4 Å². The summed E-state index contributed by atoms with van der Waals surface area (Å²) in [6, 6.07) is -0.816. The van der Waals surface area contributed by atoms with Gasteiger partial charge in [0, 0.05) is 5.75 Å². The Morgan fingerprint density at radius 1 is 1.88 bits per heavy atom. The van der Waals surface area contributed by atoms with Crippen molar-refractivity contribution in [1.29, 1.82) is 0 Å². The van der Waals surface area contributed by atoms with Gasteiger partial charge in [0.05, 0.1) is 0 Å². The van der Waals surface area contributed by atoms with Gasteiger partial charge in [0.2, 0.25) is 0 Å². The Kier molecular flexibility index (Phi) is 6.52. The predicted molar refractivity (Wildman–Crippen MR) is 33.1 cm³/mol. The monoisotopic (exact) mass is 139 g/mol. The van der Waals surface area contributed by atoms with Crippen LogP contribution in [0.15, 0.2) is 0 Å². The van der Waals surface area contributed by atoms with Crippen LogP contribution in [0.5, 0.6) is 0 Å². The Hall–Kier alpha value is -0.260. The molecule has 50 valence electrons. The second-order valence-electron chi connectivity index (χ2n) is 1.13. The first-order chi connectivity index (χ1) is 3.18. The zero-order chi connectivity index (χ0) is 5.86. The summed E-state index contributed by atoms with van der Waals surface area (Å²) in [5.41, 5.74) is 4.94. The summed E-state index contributed by atoms with van der Waals surface area (Å²) in [6.07, 6.45) is 0. The highest BCUT2D eigenvalue weighted by molar-refractivity contribution is 7.80. The molecule has 8 heavy (non-hydrogen) atoms. The molecular weight excluding hydrogens is 130 g/mol. The van der Waals surface area contributed by atoms with E-state index < -0.39 is 12.0 Å². The van der Waals surface area contributed by atoms with E-state index in [1.807, 2.05) is 0 Å². The zero-order valence-electron chi connectivity index (χ0n) is 4.16. The third-order valence-electron chi connectivity index (χ3n) is 0.514. The van der Waals surface area contributed by atoms with E-state index in [0.29, 0.717) is 0 Å². The average Bonchev–Trinajstić information content (AvgIpc) is 1.65. The topological polar surface area (TPSA) is 94.8 Å². The largest absolute Gasteiger partial charge is 0.480 e. The van der Waals surface area contributed by atoms with Gasteiger partial charge in [0.1, 0.15) is 6.04 Å². The number of aliphatic carboxylic acids is 1. The molecule has 0 rings (SSSR count). The van der Waals surface area contributed by atoms with Crippen LogP contribution in [0.2, 0.25) is 0 Å². The molecule has 0 saturated heterocycles. The first kappa shape index (κ1) is 10.7. The predicted octanol–water partition coefficient (Wildman–Crippen LogP) is -1.50. The van der Waals surface area contributed by atoms with Crippen molar-refractivity contribution in [3.8, 4) is 0 Å². The number of rotatable bonds is 2. The molecule has 0 aliphatic rings. The maximum absolute atomic E-state index is 9.76. The molecule has 0 aromatic carbocycles. The average molecular weight is 139 g/mol. The third kappa shape index (κ3) is 3.91. The van der Waals surface area contributed by atoms with Crippen LogP contribution in [0.3, 0.4) is 0 Å². The summed E-state index contributed by atoms with van der Waals surface area (Å²) in [6.45, 7) is 0. The molecule has 5 N–H and O–H groups in total. The van der Waals surface area contributed by atoms with Gasteiger partial charge in [-0.25, -0.2) is 0 Å². The smallest absolute Gasteiger partial charge is 0.321 e. The van der Waals surface area contributed by atoms with Crippen molar-refractivity contribution in [3.63, 3.8) is 0 Å². The minimum absolute atomic E-state index is 0. The van der Waals surface area contributed by atoms with E-state index in [0.717, 1.165) is 0 Å². The third-order valence-corrected chi connectivity index (χ3v) is 0.907. The van der Waals surface area contributed by atoms with E-state index in [-0.39, 0.29) is 11.2 Å². The summed E-state index contributed by atoms with van der Waals surface area (Å²) in [7, 11) is 0. The SMILES string of the molecule is N[C@H](CS)C(=O)O.O. The molecule has 0 unspecified atom stereocenters. The van der Waals surface area contributed by atoms with E-state index in [4.69, 9.17) is 10.8 Å². The maximum Gasteiger partial charge on any atom is 0.321 e. The van der Waals surface area contributed by atoms with Gasteiger partial charge in [-0.15, -0.1) is 0 Å². The molecular formula is C3H9NO3S. The minimum Gasteiger partial charge on any atom is -0.480 e. The van der Waals surface area contributed by atoms with Crippen LogP contribution in [-0.2, 0) is 4.79 Å². The van der Waals surface area contributed by atoms with Gasteiger partial charge in [-0.05, 0) is 0 Å². The van der Waals surface area contributed by atoms with E-state index >= 15 is 0 Å². The summed E-state index contributed by atoms with van der Waals surface area (Å²) in [5, 5.41) is 8.01. The Morgan fingerprint density at radius 3 is 2.25 bits per heavy atom. The number of carbonyl (C=O) groups is 1. The zero-order valence-corrected chi connectivity index (χ0v) is 5.06. The molecule has 0 aliphatic heterocycles. The number of carboxylic acid groups (broad SMARTS) is 1. The minimum atomic E-state index is -1.00. The highest BCUT2D eigenvalue weighted by atomic mass is 32.1. The van der Waals surface area contributed by atoms with Gasteiger partial charge in [-0.2, -0.15) is 12.6 Å². The van der Waals surface area contributed by atoms with Gasteiger partial charge in [-0.1, -0.05) is 0 Å². The number of nitrogens with two attached hydrogens (primary N) is 1. The Morgan fingerprint density at radius 2 is 2.25 bits per heavy atom. The lowest BCUT2D eigenvalue weighted by atomic mass is 10.4. The Bertz CT molecular complexity index is 76.9. The molecule has 0 radical (unpaired) electrons. The quantitative estimate of drug-likeness (QED) is 0.406. The maximum atomic E-state index is 9.76. The van der Waals surface area contributed by atoms with E-state index in [1.54, 1.807) is 0 Å². The lowest BCUT2D eigenvalue weighted by molar-refractivity contribution is -0.137. The highest BCUT2D eigenvalue weighted by Gasteiger charge is 2.06. The van der Waals surface area contributed by atoms with Crippen LogP contribution in [0.1, 0.15) is 0 Å². The lowest BCUT2D eigenvalue weighted by Gasteiger charge is -1.96. The molecule has 4 nitrogen and oxygen atoms in total. The first-order valence-corrected chi connectivity index (χ1v) is 2.41. The number of hydrogen-bond donors (Lipinski definition) is 3. The molecule has 0 amide bonds. The fourth-order valence-electron chi connectivity index (χ4n) is 0.0781. The van der Waals surface area contributed by atoms with E-state index in [2.05, 4.69) is 12.6 Å². The van der Waals surface area contributed by atoms with Crippen molar-refractivity contribution in [2.24, 2.45) is 5.73 Å². The fourth-order valence-corrected chi connectivity index (χ4v) is 0.234. The molecule has 0 fully saturated rings. The number of carboxylic acids is 1. The van der Waals surface area contributed by atoms with Gasteiger partial charge in [0.25, 0.3) is 0 Å². The van der Waals surface area contributed by atoms with Crippen LogP contribution in [0.4, 0.5) is 0 Å². The summed E-state index contributed by atoms with van der Waals surface area (Å²) in [4.78, 5) is 9.76. The number of hydrogen-bond acceptors (Lipinski definition) is 3. The summed E-state index contributed by atoms with van der Waals surface area (Å²) >= 11 is 3.65. The van der Waals surface area contributed by atoms with Gasteiger partial charge >= 0.3 is 5.97 Å². The molecule has 0 spiro atoms. The number of thiol groups is 1. The van der Waals surface area contributed by atoms with Crippen LogP contribution in [0.25, 0.3) is 0 Å². The van der Waals surface area contributed by atoms with Crippen molar-refractivity contribution >= 4 is 18.6 Å². The standard InChI is InChI=1S/C3H7NO2S.H2O/c4-2(1-7)3(5)6;/h2,7H,1,4H2,(H,5,6);1H2/t2-;/m1./s1. The van der Waals surface area contributed by atoms with E-state index in [9.17, 15) is 4.79 Å². The molecule has 0 saturated carbocycles. The van der Waals surface area contributed by atoms with Crippen LogP contribution < -0.4 is 5.73 Å². The Balaban J connectivity index is 0. The summed E-state index contributed by atoms with van der Waals surface area (Å²) in [5.74, 6) is -0.815. The second-order valence-corrected chi connectivity index (χ2v) is 1.49. The lowest BCUT2D eigenvalue weighted by Crippen LogP contribution is -2.31. The molecule has 0 heterocycles. The molecule has 0 aliphatic carbocycles. The van der Waals surface area contributed by atoms with E-state index in [1.165, 1.54) is 0 Å². The van der Waals surface area contributed by atoms with Gasteiger partial charge in [-0.3, -0.25) is 4.79 Å².